The molecule has 0 bridgehead atoms. The average Bonchev–Trinajstić information content (AvgIpc) is 2.41. The van der Waals surface area contributed by atoms with E-state index in [1.54, 1.807) is 0 Å². The fraction of sp³-hybridized carbons (Fsp3) is 0.944. The minimum Gasteiger partial charge on any atom is -0.481 e. The second kappa shape index (κ2) is 14.9. The normalized spacial score (nSPS) is 12.5. The number of hydrogen-bond acceptors (Lipinski definition) is 1. The molecule has 1 atom stereocenters. The molecule has 0 aliphatic rings. The SMILES string of the molecule is CCCCCCCCCCC(C)CCCCCC(=O)O. The molecule has 20 heavy (non-hydrogen) atoms. The Balaban J connectivity index is 3.16. The van der Waals surface area contributed by atoms with E-state index >= 15 is 0 Å². The van der Waals surface area contributed by atoms with E-state index in [-0.39, 0.29) is 0 Å². The first kappa shape index (κ1) is 19.5. The molecule has 0 saturated heterocycles. The van der Waals surface area contributed by atoms with E-state index < -0.39 is 5.97 Å². The van der Waals surface area contributed by atoms with Crippen LogP contribution in [0.3, 0.4) is 0 Å². The van der Waals surface area contributed by atoms with Crippen LogP contribution in [-0.4, -0.2) is 11.1 Å². The summed E-state index contributed by atoms with van der Waals surface area (Å²) in [5, 5.41) is 8.56. The molecule has 0 aromatic rings. The molecule has 120 valence electrons. The molecule has 0 amide bonds. The van der Waals surface area contributed by atoms with Crippen molar-refractivity contribution in [2.24, 2.45) is 5.92 Å². The van der Waals surface area contributed by atoms with Gasteiger partial charge in [-0.15, -0.1) is 0 Å². The molecule has 0 aromatic carbocycles. The number of carboxylic acids is 1. The third-order valence-electron chi connectivity index (χ3n) is 4.14. The van der Waals surface area contributed by atoms with Gasteiger partial charge in [-0.1, -0.05) is 90.9 Å². The summed E-state index contributed by atoms with van der Waals surface area (Å²) in [4.78, 5) is 10.4. The number of carbonyl (C=O) groups is 1. The highest BCUT2D eigenvalue weighted by Gasteiger charge is 2.03. The topological polar surface area (TPSA) is 37.3 Å². The zero-order valence-corrected chi connectivity index (χ0v) is 13.8. The van der Waals surface area contributed by atoms with Gasteiger partial charge in [0.2, 0.25) is 0 Å². The minimum absolute atomic E-state index is 0.340. The summed E-state index contributed by atoms with van der Waals surface area (Å²) < 4.78 is 0. The Labute approximate surface area is 126 Å². The van der Waals surface area contributed by atoms with Gasteiger partial charge in [0.05, 0.1) is 0 Å². The molecule has 0 radical (unpaired) electrons. The van der Waals surface area contributed by atoms with Crippen molar-refractivity contribution in [2.75, 3.05) is 0 Å². The highest BCUT2D eigenvalue weighted by Crippen LogP contribution is 2.18. The van der Waals surface area contributed by atoms with E-state index in [0.29, 0.717) is 6.42 Å². The van der Waals surface area contributed by atoms with Gasteiger partial charge in [0.25, 0.3) is 0 Å². The molecular formula is C18H36O2. The fourth-order valence-electron chi connectivity index (χ4n) is 2.72. The lowest BCUT2D eigenvalue weighted by Crippen LogP contribution is -1.97. The molecular weight excluding hydrogens is 248 g/mol. The molecule has 0 fully saturated rings. The molecule has 0 saturated carbocycles. The van der Waals surface area contributed by atoms with Crippen molar-refractivity contribution < 1.29 is 9.90 Å². The van der Waals surface area contributed by atoms with Crippen molar-refractivity contribution in [1.82, 2.24) is 0 Å². The van der Waals surface area contributed by atoms with Crippen LogP contribution >= 0.6 is 0 Å². The first-order chi connectivity index (χ1) is 9.66. The Morgan fingerprint density at radius 3 is 1.75 bits per heavy atom. The van der Waals surface area contributed by atoms with Crippen LogP contribution in [0.1, 0.15) is 104 Å². The lowest BCUT2D eigenvalue weighted by Gasteiger charge is -2.10. The molecule has 0 aliphatic heterocycles. The van der Waals surface area contributed by atoms with Crippen LogP contribution in [0.5, 0.6) is 0 Å². The highest BCUT2D eigenvalue weighted by atomic mass is 16.4. The van der Waals surface area contributed by atoms with Crippen LogP contribution in [0.4, 0.5) is 0 Å². The smallest absolute Gasteiger partial charge is 0.303 e. The summed E-state index contributed by atoms with van der Waals surface area (Å²) in [6.45, 7) is 4.61. The standard InChI is InChI=1S/C18H36O2/c1-3-4-5-6-7-8-9-11-14-17(2)15-12-10-13-16-18(19)20/h17H,3-16H2,1-2H3,(H,19,20). The number of unbranched alkanes of at least 4 members (excludes halogenated alkanes) is 9. The van der Waals surface area contributed by atoms with Gasteiger partial charge in [-0.3, -0.25) is 4.79 Å². The number of rotatable bonds is 15. The van der Waals surface area contributed by atoms with Crippen molar-refractivity contribution in [3.63, 3.8) is 0 Å². The number of aliphatic carboxylic acids is 1. The third kappa shape index (κ3) is 15.5. The second-order valence-electron chi connectivity index (χ2n) is 6.36. The lowest BCUT2D eigenvalue weighted by atomic mass is 9.96. The van der Waals surface area contributed by atoms with Crippen LogP contribution in [0.15, 0.2) is 0 Å². The van der Waals surface area contributed by atoms with Gasteiger partial charge in [0.1, 0.15) is 0 Å². The molecule has 1 unspecified atom stereocenters. The zero-order valence-electron chi connectivity index (χ0n) is 13.8. The number of hydrogen-bond donors (Lipinski definition) is 1. The van der Waals surface area contributed by atoms with Gasteiger partial charge in [0.15, 0.2) is 0 Å². The molecule has 0 aromatic heterocycles. The van der Waals surface area contributed by atoms with E-state index in [1.165, 1.54) is 70.6 Å². The van der Waals surface area contributed by atoms with Gasteiger partial charge in [-0.2, -0.15) is 0 Å². The molecule has 2 nitrogen and oxygen atoms in total. The van der Waals surface area contributed by atoms with Crippen LogP contribution in [0.2, 0.25) is 0 Å². The maximum Gasteiger partial charge on any atom is 0.303 e. The Hall–Kier alpha value is -0.530. The summed E-state index contributed by atoms with van der Waals surface area (Å²) in [5.41, 5.74) is 0. The predicted octanol–water partition coefficient (Wildman–Crippen LogP) is 6.19. The average molecular weight is 284 g/mol. The van der Waals surface area contributed by atoms with E-state index in [9.17, 15) is 4.79 Å². The minimum atomic E-state index is -0.656. The van der Waals surface area contributed by atoms with E-state index in [0.717, 1.165) is 18.8 Å². The predicted molar refractivity (Wildman–Crippen MR) is 87.1 cm³/mol. The van der Waals surface area contributed by atoms with Crippen LogP contribution < -0.4 is 0 Å². The van der Waals surface area contributed by atoms with Crippen LogP contribution in [0, 0.1) is 5.92 Å². The van der Waals surface area contributed by atoms with Gasteiger partial charge in [-0.25, -0.2) is 0 Å². The van der Waals surface area contributed by atoms with Gasteiger partial charge < -0.3 is 5.11 Å². The molecule has 0 rings (SSSR count). The quantitative estimate of drug-likeness (QED) is 0.364. The summed E-state index contributed by atoms with van der Waals surface area (Å²) in [5.74, 6) is 0.164. The molecule has 2 heteroatoms. The van der Waals surface area contributed by atoms with Gasteiger partial charge in [0, 0.05) is 6.42 Å². The van der Waals surface area contributed by atoms with Crippen LogP contribution in [-0.2, 0) is 4.79 Å². The Morgan fingerprint density at radius 2 is 1.25 bits per heavy atom. The van der Waals surface area contributed by atoms with E-state index in [2.05, 4.69) is 13.8 Å². The first-order valence-electron chi connectivity index (χ1n) is 8.88. The Kier molecular flexibility index (Phi) is 14.5. The van der Waals surface area contributed by atoms with Crippen molar-refractivity contribution in [3.8, 4) is 0 Å². The van der Waals surface area contributed by atoms with E-state index in [4.69, 9.17) is 5.11 Å². The van der Waals surface area contributed by atoms with E-state index in [1.807, 2.05) is 0 Å². The van der Waals surface area contributed by atoms with Crippen molar-refractivity contribution in [1.29, 1.82) is 0 Å². The summed E-state index contributed by atoms with van der Waals surface area (Å²) >= 11 is 0. The maximum absolute atomic E-state index is 10.4. The summed E-state index contributed by atoms with van der Waals surface area (Å²) in [6, 6.07) is 0. The molecule has 0 spiro atoms. The highest BCUT2D eigenvalue weighted by molar-refractivity contribution is 5.66. The second-order valence-corrected chi connectivity index (χ2v) is 6.36. The summed E-state index contributed by atoms with van der Waals surface area (Å²) in [6.07, 6.45) is 17.3. The van der Waals surface area contributed by atoms with Crippen LogP contribution in [0.25, 0.3) is 0 Å². The van der Waals surface area contributed by atoms with Crippen molar-refractivity contribution >= 4 is 5.97 Å². The Morgan fingerprint density at radius 1 is 0.800 bits per heavy atom. The fourth-order valence-corrected chi connectivity index (χ4v) is 2.72. The number of carboxylic acid groups (broad SMARTS) is 1. The zero-order chi connectivity index (χ0) is 15.1. The summed E-state index contributed by atoms with van der Waals surface area (Å²) in [7, 11) is 0. The largest absolute Gasteiger partial charge is 0.481 e. The molecule has 0 aliphatic carbocycles. The first-order valence-corrected chi connectivity index (χ1v) is 8.88. The van der Waals surface area contributed by atoms with Gasteiger partial charge >= 0.3 is 5.97 Å². The molecule has 0 heterocycles. The monoisotopic (exact) mass is 284 g/mol. The van der Waals surface area contributed by atoms with Gasteiger partial charge in [-0.05, 0) is 12.3 Å². The third-order valence-corrected chi connectivity index (χ3v) is 4.14. The van der Waals surface area contributed by atoms with Crippen molar-refractivity contribution in [3.05, 3.63) is 0 Å². The van der Waals surface area contributed by atoms with Crippen molar-refractivity contribution in [2.45, 2.75) is 104 Å². The molecule has 1 N–H and O–H groups in total. The maximum atomic E-state index is 10.4. The Bertz CT molecular complexity index is 213. The lowest BCUT2D eigenvalue weighted by molar-refractivity contribution is -0.137.